The maximum Gasteiger partial charge on any atom is 0.120 e. The highest BCUT2D eigenvalue weighted by atomic mass is 16.5. The molecule has 0 aliphatic heterocycles. The van der Waals surface area contributed by atoms with Gasteiger partial charge in [-0.25, -0.2) is 0 Å². The number of nitrogens with two attached hydrogens (primary N) is 1. The third-order valence-corrected chi connectivity index (χ3v) is 2.79. The lowest BCUT2D eigenvalue weighted by molar-refractivity contribution is 0.131. The second-order valence-corrected chi connectivity index (χ2v) is 6.36. The predicted octanol–water partition coefficient (Wildman–Crippen LogP) is 4.30. The summed E-state index contributed by atoms with van der Waals surface area (Å²) < 4.78 is 5.79. The lowest BCUT2D eigenvalue weighted by Crippen LogP contribution is -2.22. The Kier molecular flexibility index (Phi) is 5.21. The largest absolute Gasteiger partial charge is 0.488 e. The maximum atomic E-state index is 6.18. The molecule has 0 saturated carbocycles. The van der Waals surface area contributed by atoms with Crippen molar-refractivity contribution in [1.82, 2.24) is 0 Å². The quantitative estimate of drug-likeness (QED) is 0.844. The van der Waals surface area contributed by atoms with Crippen LogP contribution in [0.3, 0.4) is 0 Å². The van der Waals surface area contributed by atoms with E-state index in [-0.39, 0.29) is 11.6 Å². The zero-order chi connectivity index (χ0) is 13.8. The lowest BCUT2D eigenvalue weighted by Gasteiger charge is -2.21. The first-order chi connectivity index (χ1) is 8.28. The van der Waals surface area contributed by atoms with Crippen molar-refractivity contribution in [1.29, 1.82) is 0 Å². The second kappa shape index (κ2) is 6.24. The van der Waals surface area contributed by atoms with Crippen molar-refractivity contribution in [3.05, 3.63) is 29.8 Å². The van der Waals surface area contributed by atoms with Gasteiger partial charge in [-0.2, -0.15) is 0 Å². The first kappa shape index (κ1) is 15.0. The first-order valence-electron chi connectivity index (χ1n) is 6.82. The van der Waals surface area contributed by atoms with E-state index in [1.807, 2.05) is 12.1 Å². The Morgan fingerprint density at radius 1 is 1.06 bits per heavy atom. The van der Waals surface area contributed by atoms with E-state index in [1.165, 1.54) is 12.0 Å². The van der Waals surface area contributed by atoms with Crippen molar-refractivity contribution in [3.63, 3.8) is 0 Å². The third kappa shape index (κ3) is 5.54. The highest BCUT2D eigenvalue weighted by Crippen LogP contribution is 2.23. The maximum absolute atomic E-state index is 6.18. The van der Waals surface area contributed by atoms with Crippen LogP contribution >= 0.6 is 0 Å². The van der Waals surface area contributed by atoms with Crippen LogP contribution < -0.4 is 10.5 Å². The molecule has 2 heteroatoms. The average Bonchev–Trinajstić information content (AvgIpc) is 2.24. The average molecular weight is 249 g/mol. The van der Waals surface area contributed by atoms with Gasteiger partial charge in [-0.05, 0) is 57.2 Å². The Morgan fingerprint density at radius 2 is 1.61 bits per heavy atom. The summed E-state index contributed by atoms with van der Waals surface area (Å²) >= 11 is 0. The van der Waals surface area contributed by atoms with E-state index >= 15 is 0 Å². The van der Waals surface area contributed by atoms with Gasteiger partial charge in [0, 0.05) is 6.04 Å². The van der Waals surface area contributed by atoms with Crippen LogP contribution in [0.2, 0.25) is 0 Å². The van der Waals surface area contributed by atoms with E-state index in [2.05, 4.69) is 46.8 Å². The van der Waals surface area contributed by atoms with Crippen molar-refractivity contribution in [2.24, 2.45) is 11.7 Å². The topological polar surface area (TPSA) is 35.2 Å². The van der Waals surface area contributed by atoms with Crippen molar-refractivity contribution >= 4 is 0 Å². The van der Waals surface area contributed by atoms with Crippen molar-refractivity contribution in [3.8, 4) is 5.75 Å². The van der Waals surface area contributed by atoms with Crippen molar-refractivity contribution in [2.75, 3.05) is 0 Å². The Labute approximate surface area is 112 Å². The van der Waals surface area contributed by atoms with Crippen molar-refractivity contribution in [2.45, 2.75) is 59.1 Å². The van der Waals surface area contributed by atoms with Gasteiger partial charge in [0.2, 0.25) is 0 Å². The number of hydrogen-bond acceptors (Lipinski definition) is 2. The Hall–Kier alpha value is -1.02. The van der Waals surface area contributed by atoms with Crippen molar-refractivity contribution < 1.29 is 4.74 Å². The molecule has 1 aromatic carbocycles. The summed E-state index contributed by atoms with van der Waals surface area (Å²) in [6.07, 6.45) is 2.21. The van der Waals surface area contributed by atoms with E-state index < -0.39 is 0 Å². The summed E-state index contributed by atoms with van der Waals surface area (Å²) in [4.78, 5) is 0. The summed E-state index contributed by atoms with van der Waals surface area (Å²) in [5, 5.41) is 0. The van der Waals surface area contributed by atoms with Crippen LogP contribution in [0, 0.1) is 5.92 Å². The lowest BCUT2D eigenvalue weighted by atomic mass is 9.98. The van der Waals surface area contributed by atoms with Crippen LogP contribution in [0.25, 0.3) is 0 Å². The van der Waals surface area contributed by atoms with E-state index in [0.29, 0.717) is 5.92 Å². The Morgan fingerprint density at radius 3 is 2.06 bits per heavy atom. The molecule has 2 N–H and O–H groups in total. The summed E-state index contributed by atoms with van der Waals surface area (Å²) in [6.45, 7) is 10.6. The van der Waals surface area contributed by atoms with Crippen LogP contribution in [-0.2, 0) is 0 Å². The number of rotatable bonds is 5. The van der Waals surface area contributed by atoms with E-state index in [1.54, 1.807) is 0 Å². The summed E-state index contributed by atoms with van der Waals surface area (Å²) in [7, 11) is 0. The molecule has 1 atom stereocenters. The minimum atomic E-state index is -0.152. The molecular weight excluding hydrogens is 222 g/mol. The monoisotopic (exact) mass is 249 g/mol. The van der Waals surface area contributed by atoms with Crippen LogP contribution in [0.1, 0.15) is 59.1 Å². The molecule has 1 aromatic rings. The fourth-order valence-electron chi connectivity index (χ4n) is 1.82. The van der Waals surface area contributed by atoms with Crippen LogP contribution in [-0.4, -0.2) is 5.60 Å². The number of hydrogen-bond donors (Lipinski definition) is 1. The predicted molar refractivity (Wildman–Crippen MR) is 77.8 cm³/mol. The molecule has 0 heterocycles. The SMILES string of the molecule is CC(C)CC[C@@H](N)c1ccc(OC(C)(C)C)cc1. The molecule has 0 bridgehead atoms. The molecule has 2 nitrogen and oxygen atoms in total. The Balaban J connectivity index is 2.59. The molecule has 1 rings (SSSR count). The summed E-state index contributed by atoms with van der Waals surface area (Å²) in [5.41, 5.74) is 7.22. The van der Waals surface area contributed by atoms with Gasteiger partial charge >= 0.3 is 0 Å². The Bertz CT molecular complexity index is 348. The fraction of sp³-hybridized carbons (Fsp3) is 0.625. The first-order valence-corrected chi connectivity index (χ1v) is 6.82. The van der Waals surface area contributed by atoms with Gasteiger partial charge < -0.3 is 10.5 Å². The molecule has 0 spiro atoms. The molecule has 0 saturated heterocycles. The standard InChI is InChI=1S/C16H27NO/c1-12(2)6-11-15(17)13-7-9-14(10-8-13)18-16(3,4)5/h7-10,12,15H,6,11,17H2,1-5H3/t15-/m1/s1. The van der Waals surface area contributed by atoms with Gasteiger partial charge in [0.25, 0.3) is 0 Å². The van der Waals surface area contributed by atoms with Crippen LogP contribution in [0.15, 0.2) is 24.3 Å². The zero-order valence-electron chi connectivity index (χ0n) is 12.4. The third-order valence-electron chi connectivity index (χ3n) is 2.79. The number of benzene rings is 1. The second-order valence-electron chi connectivity index (χ2n) is 6.36. The van der Waals surface area contributed by atoms with Gasteiger partial charge in [0.15, 0.2) is 0 Å². The van der Waals surface area contributed by atoms with Gasteiger partial charge in [-0.3, -0.25) is 0 Å². The van der Waals surface area contributed by atoms with Crippen LogP contribution in [0.4, 0.5) is 0 Å². The minimum absolute atomic E-state index is 0.135. The summed E-state index contributed by atoms with van der Waals surface area (Å²) in [5.74, 6) is 1.61. The molecule has 0 amide bonds. The molecule has 0 aromatic heterocycles. The van der Waals surface area contributed by atoms with E-state index in [4.69, 9.17) is 10.5 Å². The van der Waals surface area contributed by atoms with Crippen LogP contribution in [0.5, 0.6) is 5.75 Å². The molecule has 0 aliphatic carbocycles. The van der Waals surface area contributed by atoms with Gasteiger partial charge in [-0.15, -0.1) is 0 Å². The van der Waals surface area contributed by atoms with E-state index in [9.17, 15) is 0 Å². The van der Waals surface area contributed by atoms with Gasteiger partial charge in [-0.1, -0.05) is 26.0 Å². The van der Waals surface area contributed by atoms with Gasteiger partial charge in [0.05, 0.1) is 0 Å². The smallest absolute Gasteiger partial charge is 0.120 e. The molecule has 0 aliphatic rings. The number of ether oxygens (including phenoxy) is 1. The molecule has 18 heavy (non-hydrogen) atoms. The molecule has 0 unspecified atom stereocenters. The molecule has 0 fully saturated rings. The highest BCUT2D eigenvalue weighted by Gasteiger charge is 2.12. The van der Waals surface area contributed by atoms with E-state index in [0.717, 1.165) is 12.2 Å². The normalized spacial score (nSPS) is 13.7. The highest BCUT2D eigenvalue weighted by molar-refractivity contribution is 5.29. The van der Waals surface area contributed by atoms with Gasteiger partial charge in [0.1, 0.15) is 11.4 Å². The fourth-order valence-corrected chi connectivity index (χ4v) is 1.82. The zero-order valence-corrected chi connectivity index (χ0v) is 12.4. The summed E-state index contributed by atoms with van der Waals surface area (Å²) in [6, 6.07) is 8.31. The molecule has 102 valence electrons. The minimum Gasteiger partial charge on any atom is -0.488 e. The molecule has 0 radical (unpaired) electrons. The molecular formula is C16H27NO.